The van der Waals surface area contributed by atoms with Crippen molar-refractivity contribution in [3.63, 3.8) is 0 Å². The molecule has 0 aliphatic carbocycles. The molecule has 2 aromatic rings. The van der Waals surface area contributed by atoms with Crippen LogP contribution in [0.15, 0.2) is 24.3 Å². The van der Waals surface area contributed by atoms with E-state index < -0.39 is 0 Å². The smallest absolute Gasteiger partial charge is 0.317 e. The summed E-state index contributed by atoms with van der Waals surface area (Å²) in [5.41, 5.74) is 2.01. The molecule has 0 spiro atoms. The Morgan fingerprint density at radius 3 is 3.05 bits per heavy atom. The van der Waals surface area contributed by atoms with Gasteiger partial charge in [-0.2, -0.15) is 11.8 Å². The van der Waals surface area contributed by atoms with Gasteiger partial charge in [0.25, 0.3) is 0 Å². The molecule has 2 heterocycles. The lowest BCUT2D eigenvalue weighted by Crippen LogP contribution is -2.50. The van der Waals surface area contributed by atoms with Crippen molar-refractivity contribution in [3.05, 3.63) is 30.1 Å². The summed E-state index contributed by atoms with van der Waals surface area (Å²) in [7, 11) is 0. The second kappa shape index (κ2) is 6.20. The summed E-state index contributed by atoms with van der Waals surface area (Å²) in [6.07, 6.45) is 0.715. The number of aromatic amines is 1. The molecule has 0 bridgehead atoms. The molecule has 0 unspecified atom stereocenters. The second-order valence-corrected chi connectivity index (χ2v) is 8.01. The van der Waals surface area contributed by atoms with Crippen LogP contribution in [0.25, 0.3) is 11.0 Å². The summed E-state index contributed by atoms with van der Waals surface area (Å²) >= 11 is 1.93. The highest BCUT2D eigenvalue weighted by Gasteiger charge is 2.29. The van der Waals surface area contributed by atoms with Gasteiger partial charge < -0.3 is 15.2 Å². The van der Waals surface area contributed by atoms with Gasteiger partial charge >= 0.3 is 6.03 Å². The topological polar surface area (TPSA) is 61.0 Å². The zero-order valence-corrected chi connectivity index (χ0v) is 13.9. The number of nitrogens with zero attached hydrogens (tertiary/aromatic N) is 2. The molecule has 2 N–H and O–H groups in total. The number of hydrogen-bond donors (Lipinski definition) is 2. The van der Waals surface area contributed by atoms with E-state index in [4.69, 9.17) is 0 Å². The maximum Gasteiger partial charge on any atom is 0.317 e. The van der Waals surface area contributed by atoms with E-state index >= 15 is 0 Å². The molecule has 0 radical (unpaired) electrons. The van der Waals surface area contributed by atoms with Crippen LogP contribution < -0.4 is 5.32 Å². The number of H-pyrrole nitrogens is 1. The molecule has 1 aromatic carbocycles. The highest BCUT2D eigenvalue weighted by atomic mass is 32.2. The number of carbonyl (C=O) groups is 1. The predicted molar refractivity (Wildman–Crippen MR) is 91.3 cm³/mol. The van der Waals surface area contributed by atoms with Crippen molar-refractivity contribution in [1.29, 1.82) is 0 Å². The van der Waals surface area contributed by atoms with Crippen molar-refractivity contribution < 1.29 is 4.79 Å². The summed E-state index contributed by atoms with van der Waals surface area (Å²) < 4.78 is 0.147. The Balaban J connectivity index is 1.51. The highest BCUT2D eigenvalue weighted by Crippen LogP contribution is 2.29. The van der Waals surface area contributed by atoms with Crippen LogP contribution in [0.1, 0.15) is 19.7 Å². The Morgan fingerprint density at radius 2 is 2.27 bits per heavy atom. The Kier molecular flexibility index (Phi) is 4.29. The average Bonchev–Trinajstić information content (AvgIpc) is 2.88. The summed E-state index contributed by atoms with van der Waals surface area (Å²) in [5.74, 6) is 1.92. The minimum Gasteiger partial charge on any atom is -0.342 e. The lowest BCUT2D eigenvalue weighted by Gasteiger charge is -2.37. The quantitative estimate of drug-likeness (QED) is 0.914. The van der Waals surface area contributed by atoms with Gasteiger partial charge in [0, 0.05) is 36.6 Å². The minimum absolute atomic E-state index is 0.0319. The number of hydrogen-bond acceptors (Lipinski definition) is 3. The zero-order valence-electron chi connectivity index (χ0n) is 13.1. The van der Waals surface area contributed by atoms with Crippen LogP contribution >= 0.6 is 11.8 Å². The van der Waals surface area contributed by atoms with Crippen LogP contribution in [-0.2, 0) is 6.42 Å². The Hall–Kier alpha value is -1.69. The van der Waals surface area contributed by atoms with Crippen LogP contribution in [0.2, 0.25) is 0 Å². The minimum atomic E-state index is 0.0319. The first-order valence-electron chi connectivity index (χ1n) is 7.64. The molecular formula is C16H22N4OS. The maximum absolute atomic E-state index is 12.2. The molecular weight excluding hydrogens is 296 g/mol. The van der Waals surface area contributed by atoms with E-state index in [0.29, 0.717) is 13.0 Å². The van der Waals surface area contributed by atoms with Crippen molar-refractivity contribution in [2.75, 3.05) is 25.4 Å². The van der Waals surface area contributed by atoms with E-state index in [2.05, 4.69) is 29.1 Å². The molecule has 118 valence electrons. The number of imidazole rings is 1. The standard InChI is InChI=1S/C16H22N4OS/c1-16(2)11-20(9-10-22-16)15(21)17-8-7-14-18-12-5-3-4-6-13(12)19-14/h3-6H,7-11H2,1-2H3,(H,17,21)(H,18,19). The normalized spacial score (nSPS) is 17.6. The van der Waals surface area contributed by atoms with Gasteiger partial charge in [0.05, 0.1) is 11.0 Å². The number of carbonyl (C=O) groups excluding carboxylic acids is 1. The van der Waals surface area contributed by atoms with Crippen LogP contribution in [-0.4, -0.2) is 51.0 Å². The molecule has 2 amide bonds. The van der Waals surface area contributed by atoms with Crippen LogP contribution in [0.4, 0.5) is 4.79 Å². The molecule has 1 aliphatic heterocycles. The van der Waals surface area contributed by atoms with Crippen LogP contribution in [0, 0.1) is 0 Å². The first-order valence-corrected chi connectivity index (χ1v) is 8.62. The van der Waals surface area contributed by atoms with Gasteiger partial charge in [-0.05, 0) is 26.0 Å². The predicted octanol–water partition coefficient (Wildman–Crippen LogP) is 2.64. The number of urea groups is 1. The van der Waals surface area contributed by atoms with Crippen molar-refractivity contribution >= 4 is 28.8 Å². The Labute approximate surface area is 134 Å². The number of para-hydroxylation sites is 2. The van der Waals surface area contributed by atoms with E-state index in [1.807, 2.05) is 40.9 Å². The first-order chi connectivity index (χ1) is 10.5. The van der Waals surface area contributed by atoms with Gasteiger partial charge in [-0.15, -0.1) is 0 Å². The molecule has 1 aromatic heterocycles. The van der Waals surface area contributed by atoms with Gasteiger partial charge in [-0.3, -0.25) is 0 Å². The van der Waals surface area contributed by atoms with E-state index in [-0.39, 0.29) is 10.8 Å². The summed E-state index contributed by atoms with van der Waals surface area (Å²) in [6.45, 7) is 6.60. The highest BCUT2D eigenvalue weighted by molar-refractivity contribution is 8.00. The molecule has 22 heavy (non-hydrogen) atoms. The van der Waals surface area contributed by atoms with E-state index in [0.717, 1.165) is 35.7 Å². The molecule has 1 saturated heterocycles. The third-order valence-corrected chi connectivity index (χ3v) is 5.09. The van der Waals surface area contributed by atoms with Gasteiger partial charge in [0.1, 0.15) is 5.82 Å². The number of amides is 2. The molecule has 1 fully saturated rings. The summed E-state index contributed by atoms with van der Waals surface area (Å²) in [4.78, 5) is 21.9. The summed E-state index contributed by atoms with van der Waals surface area (Å²) in [6, 6.07) is 8.00. The molecule has 3 rings (SSSR count). The third-order valence-electron chi connectivity index (χ3n) is 3.79. The lowest BCUT2D eigenvalue weighted by atomic mass is 10.2. The van der Waals surface area contributed by atoms with Gasteiger partial charge in [0.15, 0.2) is 0 Å². The largest absolute Gasteiger partial charge is 0.342 e. The van der Waals surface area contributed by atoms with Crippen molar-refractivity contribution in [2.24, 2.45) is 0 Å². The molecule has 5 nitrogen and oxygen atoms in total. The van der Waals surface area contributed by atoms with E-state index in [1.165, 1.54) is 0 Å². The SMILES string of the molecule is CC1(C)CN(C(=O)NCCc2nc3ccccc3[nH]2)CCS1. The lowest BCUT2D eigenvalue weighted by molar-refractivity contribution is 0.195. The molecule has 0 atom stereocenters. The Morgan fingerprint density at radius 1 is 1.45 bits per heavy atom. The van der Waals surface area contributed by atoms with Gasteiger partial charge in [0.2, 0.25) is 0 Å². The van der Waals surface area contributed by atoms with E-state index in [1.54, 1.807) is 0 Å². The number of nitrogens with one attached hydrogen (secondary N) is 2. The first kappa shape index (κ1) is 15.2. The molecule has 1 aliphatic rings. The Bertz CT molecular complexity index is 634. The van der Waals surface area contributed by atoms with Crippen molar-refractivity contribution in [1.82, 2.24) is 20.2 Å². The average molecular weight is 318 g/mol. The van der Waals surface area contributed by atoms with Crippen LogP contribution in [0.3, 0.4) is 0 Å². The van der Waals surface area contributed by atoms with E-state index in [9.17, 15) is 4.79 Å². The molecule has 6 heteroatoms. The second-order valence-electron chi connectivity index (χ2n) is 6.21. The molecule has 0 saturated carbocycles. The summed E-state index contributed by atoms with van der Waals surface area (Å²) in [5, 5.41) is 3.00. The monoisotopic (exact) mass is 318 g/mol. The zero-order chi connectivity index (χ0) is 15.6. The van der Waals surface area contributed by atoms with Gasteiger partial charge in [-0.25, -0.2) is 9.78 Å². The number of benzene rings is 1. The number of thioether (sulfide) groups is 1. The number of aromatic nitrogens is 2. The number of rotatable bonds is 3. The fourth-order valence-corrected chi connectivity index (χ4v) is 3.82. The third kappa shape index (κ3) is 3.55. The van der Waals surface area contributed by atoms with Crippen molar-refractivity contribution in [3.8, 4) is 0 Å². The maximum atomic E-state index is 12.2. The van der Waals surface area contributed by atoms with Crippen molar-refractivity contribution in [2.45, 2.75) is 25.0 Å². The van der Waals surface area contributed by atoms with Gasteiger partial charge in [-0.1, -0.05) is 12.1 Å². The fraction of sp³-hybridized carbons (Fsp3) is 0.500. The fourth-order valence-electron chi connectivity index (χ4n) is 2.71. The van der Waals surface area contributed by atoms with Crippen LogP contribution in [0.5, 0.6) is 0 Å². The number of fused-ring (bicyclic) bond motifs is 1.